The van der Waals surface area contributed by atoms with E-state index in [2.05, 4.69) is 115 Å². The van der Waals surface area contributed by atoms with Crippen molar-refractivity contribution in [2.24, 2.45) is 0 Å². The maximum Gasteiger partial charge on any atom is 0.160 e. The number of aryl methyl sites for hydroxylation is 1. The highest BCUT2D eigenvalue weighted by Crippen LogP contribution is 2.36. The number of fused-ring (bicyclic) bond motifs is 4. The molecule has 42 heavy (non-hydrogen) atoms. The number of nitrogens with zero attached hydrogens (tertiary/aromatic N) is 4. The van der Waals surface area contributed by atoms with Crippen LogP contribution in [0.3, 0.4) is 0 Å². The van der Waals surface area contributed by atoms with E-state index in [0.717, 1.165) is 67.1 Å². The Bertz CT molecular complexity index is 2230. The number of aromatic nitrogens is 4. The molecule has 0 saturated carbocycles. The first-order chi connectivity index (χ1) is 20.7. The van der Waals surface area contributed by atoms with Crippen LogP contribution in [0.4, 0.5) is 0 Å². The van der Waals surface area contributed by atoms with Crippen molar-refractivity contribution >= 4 is 27.2 Å². The Balaban J connectivity index is 1.29. The molecule has 4 heteroatoms. The maximum absolute atomic E-state index is 5.21. The SMILES string of the molecule is Cc1c(-c2ccc(-c3nc(-c4ccccc4)nc4ccccc34)cc2)nn2c(-c3ccccc3)cc3ccccc3c12. The molecule has 0 aliphatic rings. The molecule has 198 valence electrons. The largest absolute Gasteiger partial charge is 0.232 e. The third kappa shape index (κ3) is 3.96. The summed E-state index contributed by atoms with van der Waals surface area (Å²) in [6, 6.07) is 48.3. The Morgan fingerprint density at radius 2 is 1.10 bits per heavy atom. The van der Waals surface area contributed by atoms with E-state index in [4.69, 9.17) is 15.1 Å². The summed E-state index contributed by atoms with van der Waals surface area (Å²) in [7, 11) is 0. The van der Waals surface area contributed by atoms with Gasteiger partial charge in [0.25, 0.3) is 0 Å². The van der Waals surface area contributed by atoms with Crippen LogP contribution in [0.5, 0.6) is 0 Å². The van der Waals surface area contributed by atoms with Crippen LogP contribution in [-0.4, -0.2) is 19.6 Å². The lowest BCUT2D eigenvalue weighted by molar-refractivity contribution is 0.979. The minimum atomic E-state index is 0.727. The maximum atomic E-state index is 5.21. The van der Waals surface area contributed by atoms with Crippen LogP contribution < -0.4 is 0 Å². The van der Waals surface area contributed by atoms with Crippen LogP contribution in [0.2, 0.25) is 0 Å². The van der Waals surface area contributed by atoms with Gasteiger partial charge in [-0.1, -0.05) is 127 Å². The zero-order valence-corrected chi connectivity index (χ0v) is 23.1. The predicted octanol–water partition coefficient (Wildman–Crippen LogP) is 9.41. The minimum Gasteiger partial charge on any atom is -0.232 e. The van der Waals surface area contributed by atoms with Gasteiger partial charge in [-0.2, -0.15) is 5.10 Å². The monoisotopic (exact) mass is 538 g/mol. The first-order valence-electron chi connectivity index (χ1n) is 14.1. The summed E-state index contributed by atoms with van der Waals surface area (Å²) in [6.07, 6.45) is 0. The zero-order chi connectivity index (χ0) is 28.0. The summed E-state index contributed by atoms with van der Waals surface area (Å²) in [6.45, 7) is 2.18. The van der Waals surface area contributed by atoms with Gasteiger partial charge in [-0.3, -0.25) is 0 Å². The summed E-state index contributed by atoms with van der Waals surface area (Å²) in [4.78, 5) is 9.91. The van der Waals surface area contributed by atoms with Gasteiger partial charge in [0.05, 0.1) is 28.1 Å². The third-order valence-electron chi connectivity index (χ3n) is 8.00. The molecule has 0 atom stereocenters. The number of hydrogen-bond acceptors (Lipinski definition) is 3. The van der Waals surface area contributed by atoms with Gasteiger partial charge in [0.15, 0.2) is 5.82 Å². The summed E-state index contributed by atoms with van der Waals surface area (Å²) < 4.78 is 2.11. The molecule has 5 aromatic carbocycles. The molecule has 0 bridgehead atoms. The molecule has 0 saturated heterocycles. The summed E-state index contributed by atoms with van der Waals surface area (Å²) in [5.74, 6) is 0.727. The number of benzene rings is 5. The molecule has 0 fully saturated rings. The highest BCUT2D eigenvalue weighted by Gasteiger charge is 2.18. The van der Waals surface area contributed by atoms with E-state index in [1.54, 1.807) is 0 Å². The number of hydrogen-bond donors (Lipinski definition) is 0. The topological polar surface area (TPSA) is 43.1 Å². The van der Waals surface area contributed by atoms with E-state index < -0.39 is 0 Å². The quantitative estimate of drug-likeness (QED) is 0.224. The molecule has 3 aromatic heterocycles. The molecule has 0 unspecified atom stereocenters. The highest BCUT2D eigenvalue weighted by atomic mass is 15.2. The lowest BCUT2D eigenvalue weighted by Crippen LogP contribution is -1.96. The molecule has 0 amide bonds. The lowest BCUT2D eigenvalue weighted by Gasteiger charge is -2.10. The normalized spacial score (nSPS) is 11.5. The van der Waals surface area contributed by atoms with E-state index in [0.29, 0.717) is 0 Å². The van der Waals surface area contributed by atoms with E-state index >= 15 is 0 Å². The zero-order valence-electron chi connectivity index (χ0n) is 23.1. The second-order valence-electron chi connectivity index (χ2n) is 10.6. The summed E-state index contributed by atoms with van der Waals surface area (Å²) in [5, 5.41) is 8.65. The van der Waals surface area contributed by atoms with Crippen LogP contribution in [0.25, 0.3) is 72.4 Å². The first-order valence-corrected chi connectivity index (χ1v) is 14.1. The van der Waals surface area contributed by atoms with Crippen LogP contribution in [0, 0.1) is 6.92 Å². The van der Waals surface area contributed by atoms with Gasteiger partial charge in [0, 0.05) is 38.6 Å². The Kier molecular flexibility index (Phi) is 5.64. The average molecular weight is 539 g/mol. The molecule has 4 nitrogen and oxygen atoms in total. The highest BCUT2D eigenvalue weighted by molar-refractivity contribution is 6.01. The van der Waals surface area contributed by atoms with Crippen molar-refractivity contribution in [3.05, 3.63) is 145 Å². The second kappa shape index (κ2) is 9.79. The Morgan fingerprint density at radius 1 is 0.500 bits per heavy atom. The van der Waals surface area contributed by atoms with Crippen molar-refractivity contribution in [3.63, 3.8) is 0 Å². The predicted molar refractivity (Wildman–Crippen MR) is 172 cm³/mol. The number of rotatable bonds is 4. The molecule has 8 aromatic rings. The standard InChI is InChI=1S/C38H26N4/c1-25-35(41-42-34(26-12-4-2-5-13-26)24-30-16-8-9-17-31(30)37(25)42)27-20-22-28(23-21-27)36-32-18-10-11-19-33(32)39-38(40-36)29-14-6-3-7-15-29/h2-24H,1H3. The molecule has 3 heterocycles. The van der Waals surface area contributed by atoms with Gasteiger partial charge in [-0.05, 0) is 24.4 Å². The van der Waals surface area contributed by atoms with Crippen LogP contribution in [-0.2, 0) is 0 Å². The average Bonchev–Trinajstić information content (AvgIpc) is 3.42. The summed E-state index contributed by atoms with van der Waals surface area (Å²) in [5.41, 5.74) is 10.5. The molecular weight excluding hydrogens is 512 g/mol. The van der Waals surface area contributed by atoms with Crippen molar-refractivity contribution in [1.29, 1.82) is 0 Å². The van der Waals surface area contributed by atoms with Crippen molar-refractivity contribution < 1.29 is 0 Å². The Labute approximate surface area is 243 Å². The number of para-hydroxylation sites is 1. The van der Waals surface area contributed by atoms with Crippen LogP contribution >= 0.6 is 0 Å². The van der Waals surface area contributed by atoms with Gasteiger partial charge in [0.1, 0.15) is 0 Å². The summed E-state index contributed by atoms with van der Waals surface area (Å²) >= 11 is 0. The van der Waals surface area contributed by atoms with Gasteiger partial charge < -0.3 is 0 Å². The smallest absolute Gasteiger partial charge is 0.160 e. The molecule has 8 rings (SSSR count). The van der Waals surface area contributed by atoms with Gasteiger partial charge >= 0.3 is 0 Å². The lowest BCUT2D eigenvalue weighted by atomic mass is 10.0. The van der Waals surface area contributed by atoms with E-state index in [1.807, 2.05) is 36.4 Å². The van der Waals surface area contributed by atoms with Gasteiger partial charge in [-0.25, -0.2) is 14.5 Å². The van der Waals surface area contributed by atoms with Crippen molar-refractivity contribution in [2.75, 3.05) is 0 Å². The fraction of sp³-hybridized carbons (Fsp3) is 0.0263. The molecule has 0 aliphatic carbocycles. The fourth-order valence-electron chi connectivity index (χ4n) is 5.92. The van der Waals surface area contributed by atoms with Crippen LogP contribution in [0.1, 0.15) is 5.56 Å². The van der Waals surface area contributed by atoms with Crippen molar-refractivity contribution in [3.8, 4) is 45.2 Å². The minimum absolute atomic E-state index is 0.727. The van der Waals surface area contributed by atoms with Gasteiger partial charge in [0.2, 0.25) is 0 Å². The van der Waals surface area contributed by atoms with E-state index in [1.165, 1.54) is 10.8 Å². The molecule has 0 aliphatic heterocycles. The fourth-order valence-corrected chi connectivity index (χ4v) is 5.92. The van der Waals surface area contributed by atoms with Crippen molar-refractivity contribution in [2.45, 2.75) is 6.92 Å². The molecule has 0 spiro atoms. The Hall–Kier alpha value is -5.61. The van der Waals surface area contributed by atoms with Crippen molar-refractivity contribution in [1.82, 2.24) is 19.6 Å². The van der Waals surface area contributed by atoms with E-state index in [9.17, 15) is 0 Å². The van der Waals surface area contributed by atoms with E-state index in [-0.39, 0.29) is 0 Å². The second-order valence-corrected chi connectivity index (χ2v) is 10.6. The van der Waals surface area contributed by atoms with Gasteiger partial charge in [-0.15, -0.1) is 0 Å². The first kappa shape index (κ1) is 24.2. The van der Waals surface area contributed by atoms with Crippen LogP contribution in [0.15, 0.2) is 140 Å². The third-order valence-corrected chi connectivity index (χ3v) is 8.00. The molecule has 0 N–H and O–H groups in total. The molecular formula is C38H26N4. The Morgan fingerprint density at radius 3 is 1.83 bits per heavy atom. The molecule has 0 radical (unpaired) electrons. The number of pyridine rings is 1.